The summed E-state index contributed by atoms with van der Waals surface area (Å²) in [6.07, 6.45) is 13.4. The van der Waals surface area contributed by atoms with Crippen molar-refractivity contribution in [1.82, 2.24) is 49.1 Å². The molecule has 0 radical (unpaired) electrons. The molecule has 6 aromatic heterocycles. The SMILES string of the molecule is Brc1cnn2c(NCc3cncnc3)cc(-c3ccccc3)nc12.Fc1ccccc1-c1cc(NCc2cncnc2)n2ncc(Br)c2n1. The maximum atomic E-state index is 14.2. The topological polar surface area (TPSA) is 136 Å². The smallest absolute Gasteiger partial charge is 0.172 e. The molecule has 0 saturated carbocycles. The molecule has 6 heterocycles. The Labute approximate surface area is 295 Å². The van der Waals surface area contributed by atoms with Crippen LogP contribution >= 0.6 is 31.9 Å². The molecule has 0 unspecified atom stereocenters. The van der Waals surface area contributed by atoms with Gasteiger partial charge in [0.05, 0.1) is 32.7 Å². The van der Waals surface area contributed by atoms with Crippen molar-refractivity contribution < 1.29 is 4.39 Å². The van der Waals surface area contributed by atoms with Crippen LogP contribution in [0.5, 0.6) is 0 Å². The Kier molecular flexibility index (Phi) is 9.52. The van der Waals surface area contributed by atoms with Crippen LogP contribution in [-0.4, -0.2) is 49.1 Å². The van der Waals surface area contributed by atoms with Crippen molar-refractivity contribution in [1.29, 1.82) is 0 Å². The minimum Gasteiger partial charge on any atom is -0.366 e. The molecular formula is C34H25Br2FN12. The normalized spacial score (nSPS) is 10.9. The number of fused-ring (bicyclic) bond motifs is 2. The number of aromatic nitrogens is 10. The van der Waals surface area contributed by atoms with Crippen molar-refractivity contribution in [3.63, 3.8) is 0 Å². The number of halogens is 3. The van der Waals surface area contributed by atoms with Gasteiger partial charge in [-0.05, 0) is 44.0 Å². The van der Waals surface area contributed by atoms with E-state index >= 15 is 0 Å². The van der Waals surface area contributed by atoms with E-state index in [0.29, 0.717) is 35.8 Å². The van der Waals surface area contributed by atoms with E-state index in [2.05, 4.69) is 77.6 Å². The number of rotatable bonds is 8. The minimum absolute atomic E-state index is 0.322. The Bertz CT molecular complexity index is 2340. The lowest BCUT2D eigenvalue weighted by molar-refractivity contribution is 0.630. The van der Waals surface area contributed by atoms with Crippen LogP contribution in [0.15, 0.2) is 126 Å². The van der Waals surface area contributed by atoms with Crippen LogP contribution in [0.1, 0.15) is 11.1 Å². The second kappa shape index (κ2) is 14.6. The molecule has 0 atom stereocenters. The molecule has 0 fully saturated rings. The summed E-state index contributed by atoms with van der Waals surface area (Å²) in [5.74, 6) is 1.23. The van der Waals surface area contributed by atoms with E-state index in [1.807, 2.05) is 36.4 Å². The van der Waals surface area contributed by atoms with Gasteiger partial charge in [0.1, 0.15) is 30.1 Å². The number of anilines is 2. The lowest BCUT2D eigenvalue weighted by atomic mass is 10.1. The molecule has 49 heavy (non-hydrogen) atoms. The van der Waals surface area contributed by atoms with Crippen molar-refractivity contribution in [3.8, 4) is 22.5 Å². The van der Waals surface area contributed by atoms with Crippen molar-refractivity contribution in [2.75, 3.05) is 10.6 Å². The Morgan fingerprint density at radius 1 is 0.592 bits per heavy atom. The highest BCUT2D eigenvalue weighted by Gasteiger charge is 2.14. The molecule has 0 saturated heterocycles. The van der Waals surface area contributed by atoms with E-state index in [1.165, 1.54) is 18.7 Å². The summed E-state index contributed by atoms with van der Waals surface area (Å²) in [7, 11) is 0. The lowest BCUT2D eigenvalue weighted by Crippen LogP contribution is -2.07. The van der Waals surface area contributed by atoms with Crippen LogP contribution in [-0.2, 0) is 13.1 Å². The van der Waals surface area contributed by atoms with E-state index < -0.39 is 0 Å². The van der Waals surface area contributed by atoms with E-state index in [-0.39, 0.29) is 5.82 Å². The van der Waals surface area contributed by atoms with Gasteiger partial charge >= 0.3 is 0 Å². The number of hydrogen-bond acceptors (Lipinski definition) is 10. The second-order valence-corrected chi connectivity index (χ2v) is 12.3. The summed E-state index contributed by atoms with van der Waals surface area (Å²) in [6.45, 7) is 1.11. The molecule has 0 spiro atoms. The van der Waals surface area contributed by atoms with Gasteiger partial charge in [-0.15, -0.1) is 0 Å². The Morgan fingerprint density at radius 2 is 1.08 bits per heavy atom. The van der Waals surface area contributed by atoms with E-state index in [0.717, 1.165) is 42.8 Å². The summed E-state index contributed by atoms with van der Waals surface area (Å²) in [6, 6.07) is 20.4. The zero-order chi connectivity index (χ0) is 33.6. The monoisotopic (exact) mass is 778 g/mol. The zero-order valence-corrected chi connectivity index (χ0v) is 28.7. The Morgan fingerprint density at radius 3 is 1.63 bits per heavy atom. The number of nitrogens with one attached hydrogen (secondary N) is 2. The van der Waals surface area contributed by atoms with Gasteiger partial charge in [-0.2, -0.15) is 19.2 Å². The molecule has 15 heteroatoms. The average Bonchev–Trinajstić information content (AvgIpc) is 3.73. The van der Waals surface area contributed by atoms with Gasteiger partial charge in [0.25, 0.3) is 0 Å². The fourth-order valence-electron chi connectivity index (χ4n) is 4.92. The third-order valence-electron chi connectivity index (χ3n) is 7.25. The maximum Gasteiger partial charge on any atom is 0.172 e. The highest BCUT2D eigenvalue weighted by atomic mass is 79.9. The fraction of sp³-hybridized carbons (Fsp3) is 0.0588. The van der Waals surface area contributed by atoms with Gasteiger partial charge in [0.2, 0.25) is 0 Å². The highest BCUT2D eigenvalue weighted by Crippen LogP contribution is 2.28. The van der Waals surface area contributed by atoms with Gasteiger partial charge in [-0.25, -0.2) is 34.3 Å². The maximum absolute atomic E-state index is 14.2. The molecule has 8 aromatic rings. The third-order valence-corrected chi connectivity index (χ3v) is 8.37. The first-order chi connectivity index (χ1) is 24.0. The van der Waals surface area contributed by atoms with Gasteiger partial charge in [0.15, 0.2) is 11.3 Å². The van der Waals surface area contributed by atoms with E-state index in [4.69, 9.17) is 4.98 Å². The summed E-state index contributed by atoms with van der Waals surface area (Å²) in [5, 5.41) is 15.4. The summed E-state index contributed by atoms with van der Waals surface area (Å²) < 4.78 is 19.2. The van der Waals surface area contributed by atoms with Crippen LogP contribution in [0.25, 0.3) is 33.8 Å². The van der Waals surface area contributed by atoms with E-state index in [1.54, 1.807) is 70.5 Å². The number of benzene rings is 2. The quantitative estimate of drug-likeness (QED) is 0.162. The second-order valence-electron chi connectivity index (χ2n) is 10.6. The molecule has 0 aliphatic rings. The lowest BCUT2D eigenvalue weighted by Gasteiger charge is -2.11. The molecule has 12 nitrogen and oxygen atoms in total. The van der Waals surface area contributed by atoms with Crippen molar-refractivity contribution in [2.24, 2.45) is 0 Å². The fourth-order valence-corrected chi connectivity index (χ4v) is 5.61. The molecule has 0 bridgehead atoms. The van der Waals surface area contributed by atoms with Crippen LogP contribution in [0.4, 0.5) is 16.0 Å². The molecule has 0 aliphatic heterocycles. The van der Waals surface area contributed by atoms with Crippen LogP contribution in [0.2, 0.25) is 0 Å². The minimum atomic E-state index is -0.322. The largest absolute Gasteiger partial charge is 0.366 e. The summed E-state index contributed by atoms with van der Waals surface area (Å²) >= 11 is 6.95. The first-order valence-corrected chi connectivity index (χ1v) is 16.5. The molecule has 2 N–H and O–H groups in total. The third kappa shape index (κ3) is 7.27. The Balaban J connectivity index is 0.000000154. The molecule has 2 aromatic carbocycles. The van der Waals surface area contributed by atoms with E-state index in [9.17, 15) is 4.39 Å². The number of hydrogen-bond donors (Lipinski definition) is 2. The van der Waals surface area contributed by atoms with Crippen LogP contribution < -0.4 is 10.6 Å². The van der Waals surface area contributed by atoms with Crippen molar-refractivity contribution in [2.45, 2.75) is 13.1 Å². The molecule has 242 valence electrons. The van der Waals surface area contributed by atoms with Crippen LogP contribution in [0, 0.1) is 5.82 Å². The molecular weight excluding hydrogens is 755 g/mol. The number of nitrogens with zero attached hydrogens (tertiary/aromatic N) is 10. The summed E-state index contributed by atoms with van der Waals surface area (Å²) in [4.78, 5) is 25.3. The predicted molar refractivity (Wildman–Crippen MR) is 191 cm³/mol. The average molecular weight is 780 g/mol. The Hall–Kier alpha value is -5.67. The van der Waals surface area contributed by atoms with Crippen LogP contribution in [0.3, 0.4) is 0 Å². The first-order valence-electron chi connectivity index (χ1n) is 14.9. The molecule has 0 aliphatic carbocycles. The molecule has 0 amide bonds. The standard InChI is InChI=1S/C17H12BrFN6.C17H13BrN6/c18-13-9-23-25-16(22-8-11-6-20-10-21-7-11)5-15(24-17(13)25)12-3-1-2-4-14(12)19;18-14-10-22-24-16(21-9-12-7-19-11-20-8-12)6-15(23-17(14)24)13-4-2-1-3-5-13/h1-7,9-10,22H,8H2;1-8,10-11,21H,9H2. The van der Waals surface area contributed by atoms with Gasteiger partial charge in [-0.1, -0.05) is 42.5 Å². The van der Waals surface area contributed by atoms with Crippen molar-refractivity contribution in [3.05, 3.63) is 142 Å². The predicted octanol–water partition coefficient (Wildman–Crippen LogP) is 7.26. The van der Waals surface area contributed by atoms with Gasteiger partial charge in [0, 0.05) is 72.3 Å². The van der Waals surface area contributed by atoms with Gasteiger partial charge in [-0.3, -0.25) is 0 Å². The summed E-state index contributed by atoms with van der Waals surface area (Å²) in [5.41, 5.74) is 6.19. The first kappa shape index (κ1) is 31.9. The van der Waals surface area contributed by atoms with Gasteiger partial charge < -0.3 is 10.6 Å². The zero-order valence-electron chi connectivity index (χ0n) is 25.5. The molecule has 8 rings (SSSR count). The van der Waals surface area contributed by atoms with Crippen molar-refractivity contribution >= 4 is 54.8 Å². The highest BCUT2D eigenvalue weighted by molar-refractivity contribution is 9.11.